The Morgan fingerprint density at radius 3 is 2.52 bits per heavy atom. The first-order valence-corrected chi connectivity index (χ1v) is 7.43. The van der Waals surface area contributed by atoms with E-state index in [2.05, 4.69) is 10.6 Å². The fourth-order valence-electron chi connectivity index (χ4n) is 2.10. The maximum absolute atomic E-state index is 12.0. The van der Waals surface area contributed by atoms with E-state index < -0.39 is 0 Å². The molecule has 2 N–H and O–H groups in total. The lowest BCUT2D eigenvalue weighted by Gasteiger charge is -2.14. The molecule has 0 aliphatic rings. The molecule has 0 atom stereocenters. The quantitative estimate of drug-likeness (QED) is 0.845. The number of anilines is 2. The van der Waals surface area contributed by atoms with Gasteiger partial charge in [0, 0.05) is 17.8 Å². The fraction of sp³-hybridized carbons (Fsp3) is 0.235. The highest BCUT2D eigenvalue weighted by molar-refractivity contribution is 6.32. The van der Waals surface area contributed by atoms with Gasteiger partial charge in [0.25, 0.3) is 0 Å². The molecule has 2 aromatic carbocycles. The monoisotopic (exact) mass is 334 g/mol. The Kier molecular flexibility index (Phi) is 5.71. The van der Waals surface area contributed by atoms with E-state index >= 15 is 0 Å². The molecular formula is C17H19ClN2O3. The molecule has 0 saturated carbocycles. The summed E-state index contributed by atoms with van der Waals surface area (Å²) < 4.78 is 10.4. The molecule has 0 aliphatic heterocycles. The van der Waals surface area contributed by atoms with E-state index in [4.69, 9.17) is 21.1 Å². The van der Waals surface area contributed by atoms with Crippen molar-refractivity contribution in [1.29, 1.82) is 0 Å². The second-order valence-corrected chi connectivity index (χ2v) is 5.37. The van der Waals surface area contributed by atoms with Crippen molar-refractivity contribution in [2.45, 2.75) is 6.92 Å². The van der Waals surface area contributed by atoms with E-state index in [1.54, 1.807) is 12.1 Å². The summed E-state index contributed by atoms with van der Waals surface area (Å²) in [6.45, 7) is 2.06. The van der Waals surface area contributed by atoms with E-state index in [0.717, 1.165) is 11.3 Å². The van der Waals surface area contributed by atoms with Crippen molar-refractivity contribution in [3.05, 3.63) is 47.0 Å². The van der Waals surface area contributed by atoms with Crippen LogP contribution in [0.2, 0.25) is 5.02 Å². The molecule has 2 aromatic rings. The predicted molar refractivity (Wildman–Crippen MR) is 92.9 cm³/mol. The van der Waals surface area contributed by atoms with E-state index in [9.17, 15) is 4.79 Å². The third kappa shape index (κ3) is 4.53. The summed E-state index contributed by atoms with van der Waals surface area (Å²) in [4.78, 5) is 12.0. The molecule has 0 bridgehead atoms. The van der Waals surface area contributed by atoms with Crippen molar-refractivity contribution in [3.8, 4) is 11.5 Å². The van der Waals surface area contributed by atoms with E-state index in [1.165, 1.54) is 14.2 Å². The Bertz CT molecular complexity index is 704. The molecule has 6 heteroatoms. The Hall–Kier alpha value is -2.40. The Morgan fingerprint density at radius 2 is 1.87 bits per heavy atom. The summed E-state index contributed by atoms with van der Waals surface area (Å²) in [6.07, 6.45) is 0. The van der Waals surface area contributed by atoms with Crippen molar-refractivity contribution >= 4 is 28.9 Å². The molecule has 5 nitrogen and oxygen atoms in total. The molecule has 0 heterocycles. The Balaban J connectivity index is 2.03. The third-order valence-corrected chi connectivity index (χ3v) is 3.51. The lowest BCUT2D eigenvalue weighted by atomic mass is 10.2. The fourth-order valence-corrected chi connectivity index (χ4v) is 2.33. The number of halogens is 1. The number of benzene rings is 2. The highest BCUT2D eigenvalue weighted by atomic mass is 35.5. The first-order valence-electron chi connectivity index (χ1n) is 7.05. The van der Waals surface area contributed by atoms with Gasteiger partial charge in [-0.25, -0.2) is 0 Å². The average molecular weight is 335 g/mol. The normalized spacial score (nSPS) is 10.1. The van der Waals surface area contributed by atoms with Crippen molar-refractivity contribution < 1.29 is 14.3 Å². The van der Waals surface area contributed by atoms with Gasteiger partial charge in [-0.2, -0.15) is 0 Å². The lowest BCUT2D eigenvalue weighted by molar-refractivity contribution is -0.114. The van der Waals surface area contributed by atoms with E-state index in [1.807, 2.05) is 31.2 Å². The van der Waals surface area contributed by atoms with Crippen LogP contribution in [0.5, 0.6) is 11.5 Å². The summed E-state index contributed by atoms with van der Waals surface area (Å²) in [5, 5.41) is 6.30. The van der Waals surface area contributed by atoms with Crippen molar-refractivity contribution in [3.63, 3.8) is 0 Å². The number of methoxy groups -OCH3 is 2. The Morgan fingerprint density at radius 1 is 1.13 bits per heavy atom. The highest BCUT2D eigenvalue weighted by Crippen LogP contribution is 2.35. The van der Waals surface area contributed by atoms with Crippen molar-refractivity contribution in [2.75, 3.05) is 31.4 Å². The number of rotatable bonds is 6. The van der Waals surface area contributed by atoms with Gasteiger partial charge in [0.2, 0.25) is 5.91 Å². The van der Waals surface area contributed by atoms with Crippen LogP contribution in [-0.2, 0) is 4.79 Å². The SMILES string of the molecule is COc1cc(NCC(=O)Nc2cccc(C)c2)c(OC)cc1Cl. The van der Waals surface area contributed by atoms with Gasteiger partial charge in [-0.05, 0) is 24.6 Å². The van der Waals surface area contributed by atoms with Gasteiger partial charge in [-0.3, -0.25) is 4.79 Å². The largest absolute Gasteiger partial charge is 0.495 e. The van der Waals surface area contributed by atoms with Gasteiger partial charge in [-0.15, -0.1) is 0 Å². The van der Waals surface area contributed by atoms with Crippen LogP contribution in [0.3, 0.4) is 0 Å². The summed E-state index contributed by atoms with van der Waals surface area (Å²) in [5.41, 5.74) is 2.48. The number of hydrogen-bond acceptors (Lipinski definition) is 4. The van der Waals surface area contributed by atoms with Crippen LogP contribution in [0, 0.1) is 6.92 Å². The van der Waals surface area contributed by atoms with Gasteiger partial charge in [0.1, 0.15) is 11.5 Å². The van der Waals surface area contributed by atoms with Crippen LogP contribution in [-0.4, -0.2) is 26.7 Å². The van der Waals surface area contributed by atoms with Gasteiger partial charge in [0.15, 0.2) is 0 Å². The predicted octanol–water partition coefficient (Wildman–Crippen LogP) is 3.72. The molecule has 0 aromatic heterocycles. The zero-order valence-electron chi connectivity index (χ0n) is 13.3. The van der Waals surface area contributed by atoms with E-state index in [-0.39, 0.29) is 12.5 Å². The topological polar surface area (TPSA) is 59.6 Å². The van der Waals surface area contributed by atoms with E-state index in [0.29, 0.717) is 22.2 Å². The van der Waals surface area contributed by atoms with Crippen LogP contribution in [0.4, 0.5) is 11.4 Å². The molecule has 0 fully saturated rings. The van der Waals surface area contributed by atoms with Gasteiger partial charge < -0.3 is 20.1 Å². The van der Waals surface area contributed by atoms with Crippen molar-refractivity contribution in [2.24, 2.45) is 0 Å². The van der Waals surface area contributed by atoms with Gasteiger partial charge in [0.05, 0.1) is 31.5 Å². The number of hydrogen-bond donors (Lipinski definition) is 2. The molecule has 0 radical (unpaired) electrons. The smallest absolute Gasteiger partial charge is 0.243 e. The maximum Gasteiger partial charge on any atom is 0.243 e. The average Bonchev–Trinajstić information content (AvgIpc) is 2.53. The highest BCUT2D eigenvalue weighted by Gasteiger charge is 2.11. The number of nitrogens with one attached hydrogen (secondary N) is 2. The second kappa shape index (κ2) is 7.74. The van der Waals surface area contributed by atoms with Crippen LogP contribution in [0.1, 0.15) is 5.56 Å². The molecule has 23 heavy (non-hydrogen) atoms. The molecule has 0 aliphatic carbocycles. The molecule has 1 amide bonds. The van der Waals surface area contributed by atoms with Crippen LogP contribution < -0.4 is 20.1 Å². The molecule has 0 spiro atoms. The molecule has 0 unspecified atom stereocenters. The van der Waals surface area contributed by atoms with Crippen LogP contribution in [0.25, 0.3) is 0 Å². The minimum Gasteiger partial charge on any atom is -0.495 e. The standard InChI is InChI=1S/C17H19ClN2O3/c1-11-5-4-6-12(7-11)20-17(21)10-19-14-9-15(22-2)13(18)8-16(14)23-3/h4-9,19H,10H2,1-3H3,(H,20,21). The minimum absolute atomic E-state index is 0.0923. The zero-order valence-corrected chi connectivity index (χ0v) is 14.0. The number of amides is 1. The number of ether oxygens (including phenoxy) is 2. The number of aryl methyl sites for hydroxylation is 1. The third-order valence-electron chi connectivity index (χ3n) is 3.22. The molecule has 122 valence electrons. The molecule has 0 saturated heterocycles. The number of carbonyl (C=O) groups excluding carboxylic acids is 1. The Labute approximate surface area is 140 Å². The lowest BCUT2D eigenvalue weighted by Crippen LogP contribution is -2.22. The summed E-state index contributed by atoms with van der Waals surface area (Å²) in [7, 11) is 3.07. The van der Waals surface area contributed by atoms with Gasteiger partial charge in [-0.1, -0.05) is 23.7 Å². The zero-order chi connectivity index (χ0) is 16.8. The van der Waals surface area contributed by atoms with Crippen LogP contribution >= 0.6 is 11.6 Å². The summed E-state index contributed by atoms with van der Waals surface area (Å²) >= 11 is 6.05. The van der Waals surface area contributed by atoms with Crippen molar-refractivity contribution in [1.82, 2.24) is 0 Å². The first kappa shape index (κ1) is 17.0. The molecular weight excluding hydrogens is 316 g/mol. The first-order chi connectivity index (χ1) is 11.0. The minimum atomic E-state index is -0.161. The molecule has 2 rings (SSSR count). The summed E-state index contributed by atoms with van der Waals surface area (Å²) in [5.74, 6) is 0.889. The summed E-state index contributed by atoms with van der Waals surface area (Å²) in [6, 6.07) is 11.0. The van der Waals surface area contributed by atoms with Crippen LogP contribution in [0.15, 0.2) is 36.4 Å². The second-order valence-electron chi connectivity index (χ2n) is 4.96. The maximum atomic E-state index is 12.0. The van der Waals surface area contributed by atoms with Gasteiger partial charge >= 0.3 is 0 Å². The number of carbonyl (C=O) groups is 1.